The highest BCUT2D eigenvalue weighted by atomic mass is 32.2. The largest absolute Gasteiger partial charge is 0.350 e. The third kappa shape index (κ3) is 5.85. The lowest BCUT2D eigenvalue weighted by Gasteiger charge is -2.21. The van der Waals surface area contributed by atoms with Crippen LogP contribution in [-0.2, 0) is 26.2 Å². The van der Waals surface area contributed by atoms with Gasteiger partial charge in [-0.3, -0.25) is 14.4 Å². The molecule has 1 N–H and O–H groups in total. The Bertz CT molecular complexity index is 979. The molecule has 0 atom stereocenters. The van der Waals surface area contributed by atoms with E-state index in [4.69, 9.17) is 4.84 Å². The Kier molecular flexibility index (Phi) is 8.04. The second kappa shape index (κ2) is 10.3. The average molecular weight is 437 g/mol. The fraction of sp³-hybridized carbons (Fsp3) is 0.300. The molecule has 0 heterocycles. The molecule has 0 bridgehead atoms. The van der Waals surface area contributed by atoms with Crippen LogP contribution >= 0.6 is 0 Å². The molecule has 0 aliphatic carbocycles. The maximum Gasteiger partial charge on any atom is 0.264 e. The van der Waals surface area contributed by atoms with Crippen molar-refractivity contribution in [3.05, 3.63) is 65.5 Å². The molecule has 0 saturated carbocycles. The van der Waals surface area contributed by atoms with Crippen molar-refractivity contribution >= 4 is 21.8 Å². The zero-order valence-electron chi connectivity index (χ0n) is 17.0. The normalized spacial score (nSPS) is 11.4. The van der Waals surface area contributed by atoms with E-state index in [1.807, 2.05) is 0 Å². The lowest BCUT2D eigenvalue weighted by atomic mass is 10.2. The van der Waals surface area contributed by atoms with Crippen LogP contribution in [0.1, 0.15) is 22.8 Å². The first-order chi connectivity index (χ1) is 14.2. The highest BCUT2D eigenvalue weighted by Gasteiger charge is 2.22. The quantitative estimate of drug-likeness (QED) is 0.604. The second-order valence-electron chi connectivity index (χ2n) is 6.34. The van der Waals surface area contributed by atoms with Crippen LogP contribution in [0.5, 0.6) is 0 Å². The third-order valence-corrected chi connectivity index (χ3v) is 6.09. The summed E-state index contributed by atoms with van der Waals surface area (Å²) in [6.45, 7) is 2.07. The fourth-order valence-electron chi connectivity index (χ4n) is 2.56. The number of hydroxylamine groups is 1. The van der Waals surface area contributed by atoms with Crippen molar-refractivity contribution in [1.29, 1.82) is 0 Å². The number of hydrogen-bond acceptors (Lipinski definition) is 5. The Morgan fingerprint density at radius 2 is 1.67 bits per heavy atom. The van der Waals surface area contributed by atoms with Gasteiger partial charge in [0.1, 0.15) is 5.82 Å². The Labute approximate surface area is 175 Å². The summed E-state index contributed by atoms with van der Waals surface area (Å²) < 4.78 is 38.1. The molecular weight excluding hydrogens is 413 g/mol. The average Bonchev–Trinajstić information content (AvgIpc) is 2.76. The zero-order valence-corrected chi connectivity index (χ0v) is 17.8. The highest BCUT2D eigenvalue weighted by Crippen LogP contribution is 2.16. The van der Waals surface area contributed by atoms with Crippen molar-refractivity contribution in [1.82, 2.24) is 14.7 Å². The van der Waals surface area contributed by atoms with E-state index >= 15 is 0 Å². The summed E-state index contributed by atoms with van der Waals surface area (Å²) in [6, 6.07) is 11.1. The molecule has 162 valence electrons. The molecule has 0 spiro atoms. The van der Waals surface area contributed by atoms with Crippen LogP contribution in [0.15, 0.2) is 53.4 Å². The molecule has 0 radical (unpaired) electrons. The summed E-state index contributed by atoms with van der Waals surface area (Å²) in [5, 5.41) is 2.68. The number of nitrogens with zero attached hydrogens (tertiary/aromatic N) is 2. The van der Waals surface area contributed by atoms with E-state index in [-0.39, 0.29) is 41.8 Å². The lowest BCUT2D eigenvalue weighted by Crippen LogP contribution is -2.40. The summed E-state index contributed by atoms with van der Waals surface area (Å²) in [5.41, 5.74) is 0.985. The van der Waals surface area contributed by atoms with Gasteiger partial charge < -0.3 is 10.2 Å². The minimum Gasteiger partial charge on any atom is -0.350 e. The summed E-state index contributed by atoms with van der Waals surface area (Å²) in [7, 11) is -1.32. The van der Waals surface area contributed by atoms with Crippen molar-refractivity contribution in [3.8, 4) is 0 Å². The van der Waals surface area contributed by atoms with Crippen LogP contribution in [-0.4, -0.2) is 56.8 Å². The van der Waals surface area contributed by atoms with Gasteiger partial charge in [-0.1, -0.05) is 16.6 Å². The Balaban J connectivity index is 2.01. The first-order valence-corrected chi connectivity index (χ1v) is 10.6. The summed E-state index contributed by atoms with van der Waals surface area (Å²) in [6.07, 6.45) is 0. The van der Waals surface area contributed by atoms with Gasteiger partial charge in [-0.05, 0) is 48.9 Å². The van der Waals surface area contributed by atoms with E-state index < -0.39 is 15.9 Å². The molecule has 30 heavy (non-hydrogen) atoms. The van der Waals surface area contributed by atoms with Crippen LogP contribution in [0.4, 0.5) is 4.39 Å². The van der Waals surface area contributed by atoms with Crippen molar-refractivity contribution in [2.45, 2.75) is 18.4 Å². The number of carbonyl (C=O) groups is 2. The second-order valence-corrected chi connectivity index (χ2v) is 8.28. The molecule has 0 saturated heterocycles. The number of halogens is 1. The Hall–Kier alpha value is -2.82. The topological polar surface area (TPSA) is 96.0 Å². The number of likely N-dealkylation sites (N-methyl/N-ethyl adjacent to an activating group) is 1. The number of hydrogen-bond donors (Lipinski definition) is 1. The van der Waals surface area contributed by atoms with Crippen molar-refractivity contribution in [3.63, 3.8) is 0 Å². The molecule has 8 nitrogen and oxygen atoms in total. The van der Waals surface area contributed by atoms with Crippen LogP contribution in [0.3, 0.4) is 0 Å². The first kappa shape index (κ1) is 23.5. The first-order valence-electron chi connectivity index (χ1n) is 9.12. The Morgan fingerprint density at radius 3 is 2.20 bits per heavy atom. The number of amides is 2. The van der Waals surface area contributed by atoms with Crippen molar-refractivity contribution in [2.24, 2.45) is 0 Å². The van der Waals surface area contributed by atoms with Gasteiger partial charge in [0.15, 0.2) is 0 Å². The maximum absolute atomic E-state index is 12.9. The van der Waals surface area contributed by atoms with Gasteiger partial charge in [0.2, 0.25) is 5.91 Å². The minimum atomic E-state index is -3.81. The van der Waals surface area contributed by atoms with Gasteiger partial charge >= 0.3 is 0 Å². The number of benzene rings is 2. The molecule has 0 fully saturated rings. The molecular formula is C20H24FN3O5S. The zero-order chi connectivity index (χ0) is 22.3. The van der Waals surface area contributed by atoms with Crippen LogP contribution in [0, 0.1) is 5.82 Å². The van der Waals surface area contributed by atoms with Crippen LogP contribution < -0.4 is 5.32 Å². The van der Waals surface area contributed by atoms with Crippen LogP contribution in [0.2, 0.25) is 0 Å². The standard InChI is InChI=1S/C20H24FN3O5S/c1-4-24(14-19(25)22-13-15-5-9-17(21)10-6-15)20(26)16-7-11-18(12-8-16)30(27,28)23(2)29-3/h5-12H,4,13-14H2,1-3H3,(H,22,25). The van der Waals surface area contributed by atoms with E-state index in [0.29, 0.717) is 4.47 Å². The fourth-order valence-corrected chi connectivity index (χ4v) is 3.53. The van der Waals surface area contributed by atoms with E-state index in [9.17, 15) is 22.4 Å². The molecule has 0 aliphatic heterocycles. The molecule has 2 aromatic carbocycles. The molecule has 0 aromatic heterocycles. The van der Waals surface area contributed by atoms with Gasteiger partial charge in [-0.2, -0.15) is 0 Å². The summed E-state index contributed by atoms with van der Waals surface area (Å²) >= 11 is 0. The van der Waals surface area contributed by atoms with Gasteiger partial charge in [-0.15, -0.1) is 0 Å². The summed E-state index contributed by atoms with van der Waals surface area (Å²) in [4.78, 5) is 30.9. The SMILES string of the molecule is CCN(CC(=O)NCc1ccc(F)cc1)C(=O)c1ccc(S(=O)(=O)N(C)OC)cc1. The third-order valence-electron chi connectivity index (χ3n) is 4.40. The highest BCUT2D eigenvalue weighted by molar-refractivity contribution is 7.89. The predicted molar refractivity (Wildman–Crippen MR) is 108 cm³/mol. The predicted octanol–water partition coefficient (Wildman–Crippen LogP) is 1.79. The number of rotatable bonds is 9. The van der Waals surface area contributed by atoms with E-state index in [1.165, 1.54) is 55.5 Å². The van der Waals surface area contributed by atoms with Gasteiger partial charge in [0, 0.05) is 25.7 Å². The molecule has 10 heteroatoms. The summed E-state index contributed by atoms with van der Waals surface area (Å²) in [5.74, 6) is -1.13. The monoisotopic (exact) mass is 437 g/mol. The van der Waals surface area contributed by atoms with Crippen LogP contribution in [0.25, 0.3) is 0 Å². The van der Waals surface area contributed by atoms with Crippen molar-refractivity contribution in [2.75, 3.05) is 27.2 Å². The van der Waals surface area contributed by atoms with Gasteiger partial charge in [-0.25, -0.2) is 12.8 Å². The maximum atomic E-state index is 12.9. The molecule has 2 rings (SSSR count). The van der Waals surface area contributed by atoms with Gasteiger partial charge in [0.25, 0.3) is 15.9 Å². The number of nitrogens with one attached hydrogen (secondary N) is 1. The lowest BCUT2D eigenvalue weighted by molar-refractivity contribution is -0.121. The van der Waals surface area contributed by atoms with E-state index in [2.05, 4.69) is 5.32 Å². The van der Waals surface area contributed by atoms with E-state index in [0.717, 1.165) is 5.56 Å². The smallest absolute Gasteiger partial charge is 0.264 e. The molecule has 0 aliphatic rings. The molecule has 0 unspecified atom stereocenters. The number of carbonyl (C=O) groups excluding carboxylic acids is 2. The Morgan fingerprint density at radius 1 is 1.07 bits per heavy atom. The molecule has 2 amide bonds. The number of sulfonamides is 1. The van der Waals surface area contributed by atoms with E-state index in [1.54, 1.807) is 19.1 Å². The van der Waals surface area contributed by atoms with Gasteiger partial charge in [0.05, 0.1) is 18.6 Å². The molecule has 2 aromatic rings. The van der Waals surface area contributed by atoms with Crippen molar-refractivity contribution < 1.29 is 27.2 Å². The minimum absolute atomic E-state index is 0.0245.